The van der Waals surface area contributed by atoms with E-state index in [9.17, 15) is 57.0 Å². The molecule has 0 aliphatic rings. The van der Waals surface area contributed by atoms with Gasteiger partial charge in [-0.15, -0.1) is 10.2 Å². The highest BCUT2D eigenvalue weighted by atomic mass is 32.2. The minimum absolute atomic E-state index is 0.0582. The quantitative estimate of drug-likeness (QED) is 0.0419. The zero-order chi connectivity index (χ0) is 54.5. The van der Waals surface area contributed by atoms with Crippen molar-refractivity contribution >= 4 is 57.4 Å². The molecule has 0 fully saturated rings. The Labute approximate surface area is 437 Å². The molecule has 2 atom stereocenters. The predicted octanol–water partition coefficient (Wildman–Crippen LogP) is 3.78. The standard InChI is InChI=1S/C49H88N10O14S/c50-41(60)38-73-36-35-72-34-33-52-44(62)30-28-39(48(66)67)54-46(64)31-29-40(49(68)69)53-45(63)25-20-16-12-9-6-10-14-18-22-32-51-43(61)27-23-37-74(70,71)57-47(65)26-21-17-13-8-5-3-1-2-4-7-11-15-19-24-42-55-58-59-56-42/h39-40H,1-38H2,(H2,50,60)(H,51,61)(H,52,62)(H,53,63)(H,54,64)(H,57,65)(H,66,67)(H,68,69)(H,55,56,58,59)/t39-,40-/m0/s1. The molecule has 74 heavy (non-hydrogen) atoms. The van der Waals surface area contributed by atoms with Crippen molar-refractivity contribution in [2.45, 2.75) is 211 Å². The van der Waals surface area contributed by atoms with Gasteiger partial charge in [-0.05, 0) is 44.9 Å². The minimum Gasteiger partial charge on any atom is -0.480 e. The molecule has 0 saturated carbocycles. The van der Waals surface area contributed by atoms with Gasteiger partial charge in [0.15, 0.2) is 5.82 Å². The summed E-state index contributed by atoms with van der Waals surface area (Å²) in [5.74, 6) is -5.21. The van der Waals surface area contributed by atoms with Crippen molar-refractivity contribution in [2.24, 2.45) is 5.73 Å². The number of nitrogens with two attached hydrogens (primary N) is 1. The summed E-state index contributed by atoms with van der Waals surface area (Å²) in [7, 11) is -3.80. The van der Waals surface area contributed by atoms with Gasteiger partial charge in [-0.2, -0.15) is 5.21 Å². The molecule has 0 aliphatic carbocycles. The molecule has 24 nitrogen and oxygen atoms in total. The molecule has 0 radical (unpaired) electrons. The number of aryl methyl sites for hydroxylation is 1. The first kappa shape index (κ1) is 66.7. The number of nitrogens with zero attached hydrogens (tertiary/aromatic N) is 3. The first-order valence-corrected chi connectivity index (χ1v) is 28.5. The van der Waals surface area contributed by atoms with Crippen LogP contribution in [0.2, 0.25) is 0 Å². The number of hydrogen-bond donors (Lipinski definition) is 9. The fourth-order valence-electron chi connectivity index (χ4n) is 7.81. The van der Waals surface area contributed by atoms with E-state index in [1.807, 2.05) is 0 Å². The molecule has 0 unspecified atom stereocenters. The second-order valence-corrected chi connectivity index (χ2v) is 20.5. The summed E-state index contributed by atoms with van der Waals surface area (Å²) in [5, 5.41) is 43.2. The number of unbranched alkanes of at least 4 members (excludes halogenated alkanes) is 20. The lowest BCUT2D eigenvalue weighted by molar-refractivity contribution is -0.143. The highest BCUT2D eigenvalue weighted by molar-refractivity contribution is 7.90. The van der Waals surface area contributed by atoms with E-state index in [-0.39, 0.29) is 96.0 Å². The molecule has 25 heteroatoms. The lowest BCUT2D eigenvalue weighted by atomic mass is 10.0. The summed E-state index contributed by atoms with van der Waals surface area (Å²) in [6.45, 7) is 0.867. The summed E-state index contributed by atoms with van der Waals surface area (Å²) >= 11 is 0. The van der Waals surface area contributed by atoms with Crippen LogP contribution in [0.15, 0.2) is 0 Å². The number of rotatable bonds is 51. The van der Waals surface area contributed by atoms with Crippen molar-refractivity contribution in [3.8, 4) is 0 Å². The molecule has 10 N–H and O–H groups in total. The van der Waals surface area contributed by atoms with Gasteiger partial charge >= 0.3 is 11.9 Å². The van der Waals surface area contributed by atoms with Crippen molar-refractivity contribution in [2.75, 3.05) is 45.3 Å². The summed E-state index contributed by atoms with van der Waals surface area (Å²) in [6.07, 6.45) is 22.8. The number of aromatic nitrogens is 4. The van der Waals surface area contributed by atoms with Gasteiger partial charge in [-0.25, -0.2) is 18.0 Å². The monoisotopic (exact) mass is 1070 g/mol. The van der Waals surface area contributed by atoms with Gasteiger partial charge in [0.1, 0.15) is 18.7 Å². The number of carbonyl (C=O) groups is 8. The zero-order valence-corrected chi connectivity index (χ0v) is 44.5. The first-order valence-electron chi connectivity index (χ1n) is 26.8. The van der Waals surface area contributed by atoms with Gasteiger partial charge in [-0.1, -0.05) is 121 Å². The average molecular weight is 1070 g/mol. The number of amides is 6. The van der Waals surface area contributed by atoms with Crippen molar-refractivity contribution in [3.63, 3.8) is 0 Å². The van der Waals surface area contributed by atoms with Crippen LogP contribution in [0.25, 0.3) is 0 Å². The SMILES string of the molecule is NC(=O)COCCOCCNC(=O)CC[C@H](NC(=O)CC[C@H](NC(=O)CCCCCCCCCCCNC(=O)CCCS(=O)(=O)NC(=O)CCCCCCCCCCCCCCCc1nn[nH]n1)C(=O)O)C(=O)O. The van der Waals surface area contributed by atoms with Crippen LogP contribution in [0.1, 0.15) is 198 Å². The van der Waals surface area contributed by atoms with Crippen molar-refractivity contribution < 1.29 is 66.5 Å². The molecule has 1 aromatic heterocycles. The third-order valence-corrected chi connectivity index (χ3v) is 13.3. The van der Waals surface area contributed by atoms with Crippen LogP contribution >= 0.6 is 0 Å². The minimum atomic E-state index is -3.80. The highest BCUT2D eigenvalue weighted by Gasteiger charge is 2.24. The molecule has 1 rings (SSSR count). The van der Waals surface area contributed by atoms with Crippen molar-refractivity contribution in [3.05, 3.63) is 5.82 Å². The molecule has 0 saturated heterocycles. The van der Waals surface area contributed by atoms with Crippen LogP contribution in [0, 0.1) is 0 Å². The molecular formula is C49H88N10O14S. The largest absolute Gasteiger partial charge is 0.480 e. The summed E-state index contributed by atoms with van der Waals surface area (Å²) in [4.78, 5) is 95.5. The zero-order valence-electron chi connectivity index (χ0n) is 43.6. The number of hydrogen-bond acceptors (Lipinski definition) is 15. The average Bonchev–Trinajstić information content (AvgIpc) is 3.87. The molecule has 0 bridgehead atoms. The highest BCUT2D eigenvalue weighted by Crippen LogP contribution is 2.15. The van der Waals surface area contributed by atoms with E-state index in [1.165, 1.54) is 51.4 Å². The molecule has 1 aromatic rings. The van der Waals surface area contributed by atoms with Gasteiger partial charge in [0.2, 0.25) is 45.5 Å². The lowest BCUT2D eigenvalue weighted by Gasteiger charge is -2.17. The Kier molecular flexibility index (Phi) is 39.7. The lowest BCUT2D eigenvalue weighted by Crippen LogP contribution is -2.44. The third kappa shape index (κ3) is 41.1. The van der Waals surface area contributed by atoms with E-state index in [0.717, 1.165) is 89.3 Å². The summed E-state index contributed by atoms with van der Waals surface area (Å²) in [6, 6.07) is -2.73. The molecule has 0 aromatic carbocycles. The summed E-state index contributed by atoms with van der Waals surface area (Å²) < 4.78 is 37.0. The number of aliphatic carboxylic acids is 2. The van der Waals surface area contributed by atoms with Crippen LogP contribution < -0.4 is 31.7 Å². The Morgan fingerprint density at radius 1 is 0.514 bits per heavy atom. The van der Waals surface area contributed by atoms with E-state index < -0.39 is 63.6 Å². The Morgan fingerprint density at radius 3 is 1.46 bits per heavy atom. The van der Waals surface area contributed by atoms with Crippen LogP contribution in [-0.4, -0.2) is 144 Å². The topological polar surface area (TPSA) is 370 Å². The number of nitrogens with one attached hydrogen (secondary N) is 6. The molecular weight excluding hydrogens is 985 g/mol. The first-order chi connectivity index (χ1) is 35.6. The maximum absolute atomic E-state index is 12.5. The van der Waals surface area contributed by atoms with E-state index in [0.29, 0.717) is 19.4 Å². The maximum atomic E-state index is 12.5. The van der Waals surface area contributed by atoms with Gasteiger partial charge in [0.05, 0.1) is 25.6 Å². The number of primary amides is 1. The second-order valence-electron chi connectivity index (χ2n) is 18.6. The van der Waals surface area contributed by atoms with E-state index in [4.69, 9.17) is 15.2 Å². The molecule has 0 spiro atoms. The molecule has 6 amide bonds. The second kappa shape index (κ2) is 44.0. The number of aromatic amines is 1. The number of carboxylic acid groups (broad SMARTS) is 2. The number of tetrazole rings is 1. The number of sulfonamides is 1. The maximum Gasteiger partial charge on any atom is 0.326 e. The van der Waals surface area contributed by atoms with Crippen LogP contribution in [0.3, 0.4) is 0 Å². The van der Waals surface area contributed by atoms with E-state index >= 15 is 0 Å². The molecule has 1 heterocycles. The van der Waals surface area contributed by atoms with Crippen molar-refractivity contribution in [1.82, 2.24) is 46.6 Å². The Hall–Kier alpha value is -5.30. The number of H-pyrrole nitrogens is 1. The predicted molar refractivity (Wildman–Crippen MR) is 274 cm³/mol. The normalized spacial score (nSPS) is 12.1. The number of carbonyl (C=O) groups excluding carboxylic acids is 6. The van der Waals surface area contributed by atoms with Crippen LogP contribution in [0.4, 0.5) is 0 Å². The molecule has 424 valence electrons. The van der Waals surface area contributed by atoms with Gasteiger partial charge in [0.25, 0.3) is 0 Å². The summed E-state index contributed by atoms with van der Waals surface area (Å²) in [5.41, 5.74) is 4.95. The Bertz CT molecular complexity index is 1840. The fraction of sp³-hybridized carbons (Fsp3) is 0.816. The van der Waals surface area contributed by atoms with Crippen LogP contribution in [0.5, 0.6) is 0 Å². The van der Waals surface area contributed by atoms with Gasteiger partial charge < -0.3 is 46.7 Å². The number of carboxylic acids is 2. The van der Waals surface area contributed by atoms with Gasteiger partial charge in [-0.3, -0.25) is 33.5 Å². The number of ether oxygens (including phenoxy) is 2. The van der Waals surface area contributed by atoms with Gasteiger partial charge in [0, 0.05) is 51.6 Å². The Morgan fingerprint density at radius 2 is 0.946 bits per heavy atom. The van der Waals surface area contributed by atoms with E-state index in [2.05, 4.69) is 46.6 Å². The third-order valence-electron chi connectivity index (χ3n) is 12.0. The van der Waals surface area contributed by atoms with Crippen molar-refractivity contribution in [1.29, 1.82) is 0 Å². The smallest absolute Gasteiger partial charge is 0.326 e. The van der Waals surface area contributed by atoms with E-state index in [1.54, 1.807) is 0 Å². The molecule has 0 aliphatic heterocycles. The van der Waals surface area contributed by atoms with Crippen LogP contribution in [-0.2, 0) is 64.3 Å². The Balaban J connectivity index is 2.00. The fourth-order valence-corrected chi connectivity index (χ4v) is 8.88.